The fourth-order valence-corrected chi connectivity index (χ4v) is 2.21. The Morgan fingerprint density at radius 2 is 2.07 bits per heavy atom. The van der Waals surface area contributed by atoms with E-state index in [0.717, 1.165) is 10.0 Å². The van der Waals surface area contributed by atoms with E-state index in [1.54, 1.807) is 11.0 Å². The van der Waals surface area contributed by atoms with Gasteiger partial charge < -0.3 is 0 Å². The molecule has 0 bridgehead atoms. The quantitative estimate of drug-likeness (QED) is 0.807. The van der Waals surface area contributed by atoms with Crippen molar-refractivity contribution in [2.45, 2.75) is 12.5 Å². The maximum Gasteiger partial charge on any atom is 0.272 e. The topological polar surface area (TPSA) is 3.24 Å². The minimum atomic E-state index is -2.52. The standard InChI is InChI=1S/C10H9BrClF2N/c11-8-1-2-9(12)7(3-8)4-15-5-10(13,14)6-15/h1-3H,4-6H2. The third kappa shape index (κ3) is 2.68. The van der Waals surface area contributed by atoms with Crippen molar-refractivity contribution in [3.05, 3.63) is 33.3 Å². The van der Waals surface area contributed by atoms with E-state index < -0.39 is 5.92 Å². The molecule has 1 nitrogen and oxygen atoms in total. The lowest BCUT2D eigenvalue weighted by Crippen LogP contribution is -2.55. The highest BCUT2D eigenvalue weighted by Crippen LogP contribution is 2.30. The van der Waals surface area contributed by atoms with Gasteiger partial charge in [-0.25, -0.2) is 8.78 Å². The summed E-state index contributed by atoms with van der Waals surface area (Å²) < 4.78 is 26.1. The van der Waals surface area contributed by atoms with Crippen LogP contribution in [0.3, 0.4) is 0 Å². The first-order chi connectivity index (χ1) is 6.96. The van der Waals surface area contributed by atoms with E-state index in [1.807, 2.05) is 12.1 Å². The van der Waals surface area contributed by atoms with Gasteiger partial charge in [0.2, 0.25) is 0 Å². The average Bonchev–Trinajstić information content (AvgIpc) is 2.08. The van der Waals surface area contributed by atoms with Crippen molar-refractivity contribution in [1.82, 2.24) is 4.90 Å². The van der Waals surface area contributed by atoms with Crippen molar-refractivity contribution in [2.24, 2.45) is 0 Å². The average molecular weight is 297 g/mol. The number of benzene rings is 1. The van der Waals surface area contributed by atoms with Crippen molar-refractivity contribution < 1.29 is 8.78 Å². The minimum Gasteiger partial charge on any atom is -0.287 e. The van der Waals surface area contributed by atoms with Crippen LogP contribution in [0.2, 0.25) is 5.02 Å². The molecule has 0 unspecified atom stereocenters. The molecule has 0 atom stereocenters. The second-order valence-electron chi connectivity index (χ2n) is 3.74. The minimum absolute atomic E-state index is 0.171. The third-order valence-corrected chi connectivity index (χ3v) is 3.17. The molecule has 1 aromatic rings. The van der Waals surface area contributed by atoms with Crippen LogP contribution < -0.4 is 0 Å². The lowest BCUT2D eigenvalue weighted by atomic mass is 10.1. The Hall–Kier alpha value is -0.190. The summed E-state index contributed by atoms with van der Waals surface area (Å²) in [6.07, 6.45) is 0. The van der Waals surface area contributed by atoms with Gasteiger partial charge >= 0.3 is 0 Å². The molecule has 0 aliphatic carbocycles. The Bertz CT molecular complexity index is 376. The first-order valence-corrected chi connectivity index (χ1v) is 5.67. The molecule has 0 N–H and O–H groups in total. The highest BCUT2D eigenvalue weighted by Gasteiger charge is 2.43. The maximum absolute atomic E-state index is 12.6. The molecule has 0 spiro atoms. The molecular formula is C10H9BrClF2N. The second kappa shape index (κ2) is 4.00. The molecule has 1 heterocycles. The number of halogens is 4. The van der Waals surface area contributed by atoms with Crippen LogP contribution in [-0.4, -0.2) is 23.9 Å². The zero-order valence-corrected chi connectivity index (χ0v) is 10.2. The van der Waals surface area contributed by atoms with Gasteiger partial charge in [-0.1, -0.05) is 27.5 Å². The van der Waals surface area contributed by atoms with E-state index in [-0.39, 0.29) is 13.1 Å². The van der Waals surface area contributed by atoms with Crippen molar-refractivity contribution >= 4 is 27.5 Å². The van der Waals surface area contributed by atoms with Gasteiger partial charge in [-0.3, -0.25) is 4.90 Å². The first-order valence-electron chi connectivity index (χ1n) is 4.50. The van der Waals surface area contributed by atoms with E-state index >= 15 is 0 Å². The predicted octanol–water partition coefficient (Wildman–Crippen LogP) is 3.55. The molecule has 1 fully saturated rings. The molecule has 0 saturated carbocycles. The van der Waals surface area contributed by atoms with Gasteiger partial charge in [-0.2, -0.15) is 0 Å². The predicted molar refractivity (Wildman–Crippen MR) is 59.4 cm³/mol. The summed E-state index contributed by atoms with van der Waals surface area (Å²) in [5, 5.41) is 0.619. The monoisotopic (exact) mass is 295 g/mol. The number of nitrogens with zero attached hydrogens (tertiary/aromatic N) is 1. The van der Waals surface area contributed by atoms with Gasteiger partial charge in [0.05, 0.1) is 13.1 Å². The Balaban J connectivity index is 2.03. The molecular weight excluding hydrogens is 287 g/mol. The van der Waals surface area contributed by atoms with Gasteiger partial charge in [0.15, 0.2) is 0 Å². The van der Waals surface area contributed by atoms with E-state index in [9.17, 15) is 8.78 Å². The molecule has 0 radical (unpaired) electrons. The van der Waals surface area contributed by atoms with Crippen molar-refractivity contribution in [2.75, 3.05) is 13.1 Å². The van der Waals surface area contributed by atoms with Crippen LogP contribution in [-0.2, 0) is 6.54 Å². The molecule has 0 amide bonds. The molecule has 15 heavy (non-hydrogen) atoms. The van der Waals surface area contributed by atoms with E-state index in [2.05, 4.69) is 15.9 Å². The Labute approximate surface area is 100 Å². The lowest BCUT2D eigenvalue weighted by molar-refractivity contribution is -0.133. The summed E-state index contributed by atoms with van der Waals surface area (Å²) in [7, 11) is 0. The summed E-state index contributed by atoms with van der Waals surface area (Å²) >= 11 is 9.28. The van der Waals surface area contributed by atoms with Gasteiger partial charge in [-0.05, 0) is 23.8 Å². The normalized spacial score (nSPS) is 20.0. The number of hydrogen-bond donors (Lipinski definition) is 0. The highest BCUT2D eigenvalue weighted by atomic mass is 79.9. The van der Waals surface area contributed by atoms with Crippen LogP contribution in [0.4, 0.5) is 8.78 Å². The summed E-state index contributed by atoms with van der Waals surface area (Å²) in [4.78, 5) is 1.67. The second-order valence-corrected chi connectivity index (χ2v) is 5.06. The number of likely N-dealkylation sites (tertiary alicyclic amines) is 1. The molecule has 1 saturated heterocycles. The highest BCUT2D eigenvalue weighted by molar-refractivity contribution is 9.10. The largest absolute Gasteiger partial charge is 0.287 e. The van der Waals surface area contributed by atoms with E-state index in [1.165, 1.54) is 0 Å². The van der Waals surface area contributed by atoms with E-state index in [0.29, 0.717) is 11.6 Å². The summed E-state index contributed by atoms with van der Waals surface area (Å²) in [5.41, 5.74) is 0.876. The molecule has 1 aromatic carbocycles. The number of alkyl halides is 2. The Kier molecular flexibility index (Phi) is 3.01. The smallest absolute Gasteiger partial charge is 0.272 e. The summed E-state index contributed by atoms with van der Waals surface area (Å²) in [6, 6.07) is 5.45. The first kappa shape index (κ1) is 11.3. The van der Waals surface area contributed by atoms with Crippen LogP contribution in [0.1, 0.15) is 5.56 Å². The van der Waals surface area contributed by atoms with Gasteiger partial charge in [0.1, 0.15) is 0 Å². The molecule has 1 aliphatic rings. The summed E-state index contributed by atoms with van der Waals surface area (Å²) in [6.45, 7) is 0.138. The fraction of sp³-hybridized carbons (Fsp3) is 0.400. The fourth-order valence-electron chi connectivity index (χ4n) is 1.63. The van der Waals surface area contributed by atoms with Gasteiger partial charge in [0.25, 0.3) is 5.92 Å². The lowest BCUT2D eigenvalue weighted by Gasteiger charge is -2.38. The van der Waals surface area contributed by atoms with Crippen LogP contribution in [0, 0.1) is 0 Å². The number of hydrogen-bond acceptors (Lipinski definition) is 1. The maximum atomic E-state index is 12.6. The van der Waals surface area contributed by atoms with Crippen LogP contribution in [0.25, 0.3) is 0 Å². The third-order valence-electron chi connectivity index (χ3n) is 2.31. The van der Waals surface area contributed by atoms with Crippen LogP contribution >= 0.6 is 27.5 Å². The van der Waals surface area contributed by atoms with Crippen LogP contribution in [0.5, 0.6) is 0 Å². The molecule has 2 rings (SSSR count). The Morgan fingerprint density at radius 3 is 2.67 bits per heavy atom. The SMILES string of the molecule is FC1(F)CN(Cc2cc(Br)ccc2Cl)C1. The van der Waals surface area contributed by atoms with Crippen molar-refractivity contribution in [1.29, 1.82) is 0 Å². The van der Waals surface area contributed by atoms with Gasteiger partial charge in [-0.15, -0.1) is 0 Å². The number of rotatable bonds is 2. The zero-order valence-electron chi connectivity index (χ0n) is 7.81. The molecule has 82 valence electrons. The zero-order chi connectivity index (χ0) is 11.1. The Morgan fingerprint density at radius 1 is 1.40 bits per heavy atom. The van der Waals surface area contributed by atoms with Gasteiger partial charge in [0, 0.05) is 16.0 Å². The molecule has 5 heteroatoms. The van der Waals surface area contributed by atoms with Crippen molar-refractivity contribution in [3.63, 3.8) is 0 Å². The molecule has 0 aromatic heterocycles. The van der Waals surface area contributed by atoms with Crippen LogP contribution in [0.15, 0.2) is 22.7 Å². The summed E-state index contributed by atoms with van der Waals surface area (Å²) in [5.74, 6) is -2.52. The molecule has 1 aliphatic heterocycles. The van der Waals surface area contributed by atoms with Crippen molar-refractivity contribution in [3.8, 4) is 0 Å². The van der Waals surface area contributed by atoms with E-state index in [4.69, 9.17) is 11.6 Å².